The van der Waals surface area contributed by atoms with Gasteiger partial charge in [0.15, 0.2) is 0 Å². The van der Waals surface area contributed by atoms with E-state index < -0.39 is 0 Å². The molecule has 1 aliphatic rings. The Bertz CT molecular complexity index is 350. The molecule has 0 amide bonds. The van der Waals surface area contributed by atoms with Gasteiger partial charge in [-0.3, -0.25) is 4.90 Å². The molecule has 94 valence electrons. The van der Waals surface area contributed by atoms with Gasteiger partial charge in [0.05, 0.1) is 0 Å². The maximum Gasteiger partial charge on any atom is 0.0237 e. The molecule has 1 N–H and O–H groups in total. The van der Waals surface area contributed by atoms with Crippen LogP contribution in [0, 0.1) is 3.57 Å². The van der Waals surface area contributed by atoms with Crippen molar-refractivity contribution in [2.75, 3.05) is 13.1 Å². The standard InChI is InChI=1S/C14H21IN2/c1-3-14-8-16-11(2)9-17(14)10-12-4-6-13(15)7-5-12/h4-7,11,14,16H,3,8-10H2,1-2H3. The van der Waals surface area contributed by atoms with Gasteiger partial charge in [-0.2, -0.15) is 0 Å². The van der Waals surface area contributed by atoms with Gasteiger partial charge in [0.25, 0.3) is 0 Å². The Labute approximate surface area is 118 Å². The molecule has 1 aromatic rings. The van der Waals surface area contributed by atoms with Crippen molar-refractivity contribution in [3.8, 4) is 0 Å². The Morgan fingerprint density at radius 3 is 2.71 bits per heavy atom. The quantitative estimate of drug-likeness (QED) is 0.849. The van der Waals surface area contributed by atoms with E-state index in [1.165, 1.54) is 15.6 Å². The molecule has 1 fully saturated rings. The maximum atomic E-state index is 3.56. The molecule has 1 heterocycles. The van der Waals surface area contributed by atoms with E-state index in [-0.39, 0.29) is 0 Å². The highest BCUT2D eigenvalue weighted by molar-refractivity contribution is 14.1. The van der Waals surface area contributed by atoms with Crippen LogP contribution in [-0.4, -0.2) is 30.1 Å². The number of halogens is 1. The van der Waals surface area contributed by atoms with E-state index in [1.807, 2.05) is 0 Å². The minimum Gasteiger partial charge on any atom is -0.311 e. The van der Waals surface area contributed by atoms with Gasteiger partial charge in [-0.05, 0) is 53.6 Å². The summed E-state index contributed by atoms with van der Waals surface area (Å²) in [7, 11) is 0. The van der Waals surface area contributed by atoms with Gasteiger partial charge < -0.3 is 5.32 Å². The van der Waals surface area contributed by atoms with E-state index in [9.17, 15) is 0 Å². The van der Waals surface area contributed by atoms with Crippen LogP contribution < -0.4 is 5.32 Å². The zero-order valence-corrected chi connectivity index (χ0v) is 12.8. The van der Waals surface area contributed by atoms with Crippen molar-refractivity contribution in [3.05, 3.63) is 33.4 Å². The summed E-state index contributed by atoms with van der Waals surface area (Å²) in [5.41, 5.74) is 1.43. The molecule has 0 radical (unpaired) electrons. The second-order valence-corrected chi connectivity index (χ2v) is 6.17. The molecular weight excluding hydrogens is 323 g/mol. The van der Waals surface area contributed by atoms with Crippen LogP contribution >= 0.6 is 22.6 Å². The molecule has 2 rings (SSSR count). The molecule has 2 nitrogen and oxygen atoms in total. The second kappa shape index (κ2) is 6.16. The molecule has 0 saturated carbocycles. The fourth-order valence-electron chi connectivity index (χ4n) is 2.45. The second-order valence-electron chi connectivity index (χ2n) is 4.93. The molecule has 1 aliphatic heterocycles. The minimum atomic E-state index is 0.613. The Morgan fingerprint density at radius 2 is 2.06 bits per heavy atom. The summed E-state index contributed by atoms with van der Waals surface area (Å²) < 4.78 is 1.31. The molecular formula is C14H21IN2. The summed E-state index contributed by atoms with van der Waals surface area (Å²) in [4.78, 5) is 2.61. The molecule has 2 unspecified atom stereocenters. The Kier molecular flexibility index (Phi) is 4.82. The number of nitrogens with zero attached hydrogens (tertiary/aromatic N) is 1. The third-order valence-electron chi connectivity index (χ3n) is 3.50. The molecule has 3 heteroatoms. The Balaban J connectivity index is 2.02. The third-order valence-corrected chi connectivity index (χ3v) is 4.22. The smallest absolute Gasteiger partial charge is 0.0237 e. The molecule has 2 atom stereocenters. The first-order valence-electron chi connectivity index (χ1n) is 6.41. The highest BCUT2D eigenvalue weighted by atomic mass is 127. The van der Waals surface area contributed by atoms with Gasteiger partial charge in [0.1, 0.15) is 0 Å². The first kappa shape index (κ1) is 13.3. The van der Waals surface area contributed by atoms with E-state index in [0.717, 1.165) is 19.6 Å². The molecule has 17 heavy (non-hydrogen) atoms. The van der Waals surface area contributed by atoms with E-state index in [0.29, 0.717) is 12.1 Å². The molecule has 1 saturated heterocycles. The van der Waals surface area contributed by atoms with Crippen molar-refractivity contribution in [2.24, 2.45) is 0 Å². The van der Waals surface area contributed by atoms with Gasteiger partial charge in [-0.1, -0.05) is 19.1 Å². The van der Waals surface area contributed by atoms with E-state index >= 15 is 0 Å². The lowest BCUT2D eigenvalue weighted by Crippen LogP contribution is -2.54. The average molecular weight is 344 g/mol. The lowest BCUT2D eigenvalue weighted by Gasteiger charge is -2.39. The Morgan fingerprint density at radius 1 is 1.35 bits per heavy atom. The highest BCUT2D eigenvalue weighted by Crippen LogP contribution is 2.15. The summed E-state index contributed by atoms with van der Waals surface area (Å²) >= 11 is 2.36. The normalized spacial score (nSPS) is 26.1. The molecule has 0 aromatic heterocycles. The van der Waals surface area contributed by atoms with Crippen molar-refractivity contribution in [2.45, 2.75) is 38.9 Å². The van der Waals surface area contributed by atoms with Crippen LogP contribution in [0.5, 0.6) is 0 Å². The largest absolute Gasteiger partial charge is 0.311 e. The van der Waals surface area contributed by atoms with Crippen LogP contribution in [0.25, 0.3) is 0 Å². The summed E-state index contributed by atoms with van der Waals surface area (Å²) in [5.74, 6) is 0. The first-order chi connectivity index (χ1) is 8.19. The predicted molar refractivity (Wildman–Crippen MR) is 81.1 cm³/mol. The van der Waals surface area contributed by atoms with Gasteiger partial charge >= 0.3 is 0 Å². The van der Waals surface area contributed by atoms with Gasteiger partial charge in [-0.25, -0.2) is 0 Å². The number of nitrogens with one attached hydrogen (secondary N) is 1. The zero-order chi connectivity index (χ0) is 12.3. The molecule has 1 aromatic carbocycles. The van der Waals surface area contributed by atoms with Gasteiger partial charge in [0, 0.05) is 35.3 Å². The van der Waals surface area contributed by atoms with Crippen LogP contribution in [0.4, 0.5) is 0 Å². The van der Waals surface area contributed by atoms with Crippen molar-refractivity contribution in [3.63, 3.8) is 0 Å². The summed E-state index contributed by atoms with van der Waals surface area (Å²) in [5, 5.41) is 3.56. The highest BCUT2D eigenvalue weighted by Gasteiger charge is 2.24. The van der Waals surface area contributed by atoms with Crippen molar-refractivity contribution >= 4 is 22.6 Å². The third kappa shape index (κ3) is 3.66. The average Bonchev–Trinajstić information content (AvgIpc) is 2.32. The summed E-state index contributed by atoms with van der Waals surface area (Å²) in [6, 6.07) is 10.2. The summed E-state index contributed by atoms with van der Waals surface area (Å²) in [6.07, 6.45) is 1.23. The minimum absolute atomic E-state index is 0.613. The van der Waals surface area contributed by atoms with E-state index in [1.54, 1.807) is 0 Å². The number of piperazine rings is 1. The van der Waals surface area contributed by atoms with Crippen molar-refractivity contribution in [1.29, 1.82) is 0 Å². The molecule has 0 aliphatic carbocycles. The topological polar surface area (TPSA) is 15.3 Å². The lowest BCUT2D eigenvalue weighted by atomic mass is 10.1. The van der Waals surface area contributed by atoms with Crippen LogP contribution in [0.2, 0.25) is 0 Å². The molecule has 0 bridgehead atoms. The first-order valence-corrected chi connectivity index (χ1v) is 7.48. The Hall–Kier alpha value is -0.130. The zero-order valence-electron chi connectivity index (χ0n) is 10.6. The van der Waals surface area contributed by atoms with Gasteiger partial charge in [0.2, 0.25) is 0 Å². The summed E-state index contributed by atoms with van der Waals surface area (Å²) in [6.45, 7) is 7.92. The fourth-order valence-corrected chi connectivity index (χ4v) is 2.81. The number of hydrogen-bond donors (Lipinski definition) is 1. The monoisotopic (exact) mass is 344 g/mol. The van der Waals surface area contributed by atoms with E-state index in [2.05, 4.69) is 70.9 Å². The van der Waals surface area contributed by atoms with E-state index in [4.69, 9.17) is 0 Å². The van der Waals surface area contributed by atoms with Crippen molar-refractivity contribution < 1.29 is 0 Å². The number of hydrogen-bond acceptors (Lipinski definition) is 2. The van der Waals surface area contributed by atoms with Gasteiger partial charge in [-0.15, -0.1) is 0 Å². The maximum absolute atomic E-state index is 3.56. The van der Waals surface area contributed by atoms with Crippen LogP contribution in [0.3, 0.4) is 0 Å². The lowest BCUT2D eigenvalue weighted by molar-refractivity contribution is 0.124. The number of rotatable bonds is 3. The van der Waals surface area contributed by atoms with Crippen LogP contribution in [-0.2, 0) is 6.54 Å². The molecule has 0 spiro atoms. The van der Waals surface area contributed by atoms with Crippen LogP contribution in [0.15, 0.2) is 24.3 Å². The van der Waals surface area contributed by atoms with Crippen molar-refractivity contribution in [1.82, 2.24) is 10.2 Å². The fraction of sp³-hybridized carbons (Fsp3) is 0.571. The van der Waals surface area contributed by atoms with Crippen LogP contribution in [0.1, 0.15) is 25.8 Å². The SMILES string of the molecule is CCC1CNC(C)CN1Cc1ccc(I)cc1. The predicted octanol–water partition coefficient (Wildman–Crippen LogP) is 2.86. The number of benzene rings is 1.